The van der Waals surface area contributed by atoms with Crippen LogP contribution in [0.15, 0.2) is 48.5 Å². The monoisotopic (exact) mass is 529 g/mol. The Balaban J connectivity index is 1.46. The summed E-state index contributed by atoms with van der Waals surface area (Å²) in [5.74, 6) is -1.00. The SMILES string of the molecule is CC(C)(C)OC(=O)NCCCC[C@H]([AsH]C(=O)OCC1c2ccccc2-c2ccccc21)C(=O)O. The van der Waals surface area contributed by atoms with Crippen molar-refractivity contribution in [1.29, 1.82) is 0 Å². The van der Waals surface area contributed by atoms with Crippen molar-refractivity contribution in [2.24, 2.45) is 0 Å². The molecule has 34 heavy (non-hydrogen) atoms. The standard InChI is InChI=1S/C26H32AsNO6/c1-26(2,3)34-25(32)28-15-9-8-14-22(23(29)30)27-24(31)33-16-21-19-12-6-4-10-17(19)18-11-5-7-13-20(18)21/h4-7,10-13,21-22,27H,8-9,14-16H2,1-3H3,(H,28,32)(H,29,30)/t22-/m0/s1. The van der Waals surface area contributed by atoms with Gasteiger partial charge in [-0.3, -0.25) is 0 Å². The van der Waals surface area contributed by atoms with Gasteiger partial charge in [-0.05, 0) is 0 Å². The fourth-order valence-electron chi connectivity index (χ4n) is 4.02. The molecule has 0 fully saturated rings. The maximum atomic E-state index is 12.5. The molecule has 0 spiro atoms. The van der Waals surface area contributed by atoms with Crippen molar-refractivity contribution < 1.29 is 29.0 Å². The predicted molar refractivity (Wildman–Crippen MR) is 132 cm³/mol. The number of carboxylic acid groups (broad SMARTS) is 1. The zero-order chi connectivity index (χ0) is 24.7. The summed E-state index contributed by atoms with van der Waals surface area (Å²) in [6, 6.07) is 16.2. The number of aliphatic carboxylic acids is 1. The fourth-order valence-corrected chi connectivity index (χ4v) is 5.95. The summed E-state index contributed by atoms with van der Waals surface area (Å²) in [6.07, 6.45) is 1.09. The Morgan fingerprint density at radius 2 is 1.59 bits per heavy atom. The molecule has 1 aliphatic carbocycles. The normalized spacial score (nSPS) is 13.9. The third-order valence-electron chi connectivity index (χ3n) is 5.52. The van der Waals surface area contributed by atoms with E-state index in [1.807, 2.05) is 24.3 Å². The molecule has 0 aromatic heterocycles. The van der Waals surface area contributed by atoms with Crippen LogP contribution in [0.4, 0.5) is 9.59 Å². The molecule has 0 saturated carbocycles. The Kier molecular flexibility index (Phi) is 8.78. The second kappa shape index (κ2) is 11.6. The van der Waals surface area contributed by atoms with Crippen LogP contribution in [0, 0.1) is 0 Å². The van der Waals surface area contributed by atoms with E-state index in [-0.39, 0.29) is 17.3 Å². The van der Waals surface area contributed by atoms with E-state index in [0.717, 1.165) is 22.3 Å². The van der Waals surface area contributed by atoms with Crippen LogP contribution in [0.25, 0.3) is 11.1 Å². The Labute approximate surface area is 206 Å². The minimum atomic E-state index is -1.49. The number of unbranched alkanes of at least 4 members (excludes halogenated alkanes) is 1. The molecule has 2 aromatic rings. The molecule has 1 amide bonds. The van der Waals surface area contributed by atoms with Crippen molar-refractivity contribution in [1.82, 2.24) is 5.32 Å². The van der Waals surface area contributed by atoms with E-state index in [0.29, 0.717) is 25.8 Å². The first-order chi connectivity index (χ1) is 16.2. The van der Waals surface area contributed by atoms with Gasteiger partial charge in [-0.15, -0.1) is 0 Å². The Morgan fingerprint density at radius 3 is 2.15 bits per heavy atom. The Hall–Kier alpha value is -2.79. The van der Waals surface area contributed by atoms with Crippen LogP contribution in [0.1, 0.15) is 57.1 Å². The molecule has 1 aliphatic rings. The first kappa shape index (κ1) is 25.8. The first-order valence-electron chi connectivity index (χ1n) is 11.5. The number of rotatable bonds is 10. The predicted octanol–water partition coefficient (Wildman–Crippen LogP) is 4.94. The molecular formula is C26H32AsNO6. The van der Waals surface area contributed by atoms with Crippen molar-refractivity contribution >= 4 is 32.6 Å². The van der Waals surface area contributed by atoms with Crippen LogP contribution < -0.4 is 5.32 Å². The van der Waals surface area contributed by atoms with E-state index in [2.05, 4.69) is 29.6 Å². The number of fused-ring (bicyclic) bond motifs is 3. The summed E-state index contributed by atoms with van der Waals surface area (Å²) in [5.41, 5.74) is 4.00. The third-order valence-corrected chi connectivity index (χ3v) is 8.17. The molecule has 0 aliphatic heterocycles. The van der Waals surface area contributed by atoms with Gasteiger partial charge in [0, 0.05) is 0 Å². The van der Waals surface area contributed by atoms with Gasteiger partial charge in [-0.1, -0.05) is 0 Å². The van der Waals surface area contributed by atoms with E-state index in [9.17, 15) is 19.5 Å². The van der Waals surface area contributed by atoms with Gasteiger partial charge in [-0.2, -0.15) is 0 Å². The van der Waals surface area contributed by atoms with E-state index < -0.39 is 38.1 Å². The molecule has 0 saturated heterocycles. The Bertz CT molecular complexity index is 986. The minimum absolute atomic E-state index is 0.0369. The maximum absolute atomic E-state index is 12.5. The second-order valence-electron chi connectivity index (χ2n) is 9.29. The number of carbonyl (C=O) groups excluding carboxylic acids is 2. The van der Waals surface area contributed by atoms with Crippen LogP contribution >= 0.6 is 0 Å². The Morgan fingerprint density at radius 1 is 1.00 bits per heavy atom. The molecule has 2 aromatic carbocycles. The first-order valence-corrected chi connectivity index (χ1v) is 13.7. The van der Waals surface area contributed by atoms with Crippen molar-refractivity contribution in [3.63, 3.8) is 0 Å². The number of carboxylic acids is 1. The van der Waals surface area contributed by atoms with Gasteiger partial charge < -0.3 is 0 Å². The molecule has 2 N–H and O–H groups in total. The number of amides is 1. The number of hydrogen-bond acceptors (Lipinski definition) is 5. The summed E-state index contributed by atoms with van der Waals surface area (Å²) in [5, 5.41) is 12.2. The summed E-state index contributed by atoms with van der Waals surface area (Å²) in [7, 11) is 0. The quantitative estimate of drug-likeness (QED) is 0.334. The molecule has 0 bridgehead atoms. The van der Waals surface area contributed by atoms with Crippen molar-refractivity contribution in [2.45, 2.75) is 56.3 Å². The molecule has 182 valence electrons. The van der Waals surface area contributed by atoms with Crippen LogP contribution in [-0.4, -0.2) is 56.4 Å². The van der Waals surface area contributed by atoms with Crippen LogP contribution in [0.3, 0.4) is 0 Å². The van der Waals surface area contributed by atoms with Crippen LogP contribution in [0.5, 0.6) is 0 Å². The molecule has 7 nitrogen and oxygen atoms in total. The summed E-state index contributed by atoms with van der Waals surface area (Å²) >= 11 is -1.49. The number of nitrogens with one attached hydrogen (secondary N) is 1. The molecular weight excluding hydrogens is 497 g/mol. The fraction of sp³-hybridized carbons (Fsp3) is 0.423. The average molecular weight is 529 g/mol. The number of benzene rings is 2. The summed E-state index contributed by atoms with van der Waals surface area (Å²) in [6.45, 7) is 5.97. The second-order valence-corrected chi connectivity index (χ2v) is 12.2. The number of carbonyl (C=O) groups is 3. The van der Waals surface area contributed by atoms with Crippen molar-refractivity contribution in [3.8, 4) is 11.1 Å². The topological polar surface area (TPSA) is 102 Å². The molecule has 8 heteroatoms. The summed E-state index contributed by atoms with van der Waals surface area (Å²) in [4.78, 5) is 35.9. The molecule has 0 radical (unpaired) electrons. The zero-order valence-corrected chi connectivity index (χ0v) is 21.9. The van der Waals surface area contributed by atoms with Gasteiger partial charge in [0.15, 0.2) is 0 Å². The molecule has 1 unspecified atom stereocenters. The average Bonchev–Trinajstić information content (AvgIpc) is 3.09. The van der Waals surface area contributed by atoms with Crippen LogP contribution in [-0.2, 0) is 14.3 Å². The van der Waals surface area contributed by atoms with Gasteiger partial charge in [0.05, 0.1) is 0 Å². The number of hydrogen-bond donors (Lipinski definition) is 2. The van der Waals surface area contributed by atoms with Crippen molar-refractivity contribution in [2.75, 3.05) is 13.2 Å². The zero-order valence-electron chi connectivity index (χ0n) is 19.8. The van der Waals surface area contributed by atoms with Crippen molar-refractivity contribution in [3.05, 3.63) is 59.7 Å². The van der Waals surface area contributed by atoms with Gasteiger partial charge >= 0.3 is 207 Å². The number of alkyl carbamates (subject to hydrolysis) is 1. The molecule has 2 atom stereocenters. The van der Waals surface area contributed by atoms with Crippen LogP contribution in [0.2, 0.25) is 4.71 Å². The number of ether oxygens (including phenoxy) is 2. The van der Waals surface area contributed by atoms with E-state index >= 15 is 0 Å². The van der Waals surface area contributed by atoms with E-state index in [4.69, 9.17) is 9.47 Å². The molecule has 0 heterocycles. The van der Waals surface area contributed by atoms with Gasteiger partial charge in [0.2, 0.25) is 0 Å². The molecule has 3 rings (SSSR count). The van der Waals surface area contributed by atoms with Gasteiger partial charge in [0.1, 0.15) is 0 Å². The van der Waals surface area contributed by atoms with Gasteiger partial charge in [-0.25, -0.2) is 0 Å². The van der Waals surface area contributed by atoms with E-state index in [1.54, 1.807) is 20.8 Å². The third kappa shape index (κ3) is 7.10. The summed E-state index contributed by atoms with van der Waals surface area (Å²) < 4.78 is 9.69. The van der Waals surface area contributed by atoms with E-state index in [1.165, 1.54) is 0 Å². The van der Waals surface area contributed by atoms with Gasteiger partial charge in [0.25, 0.3) is 0 Å².